The Hall–Kier alpha value is -2.89. The lowest BCUT2D eigenvalue weighted by atomic mass is 9.97. The first-order chi connectivity index (χ1) is 13.5. The van der Waals surface area contributed by atoms with Crippen molar-refractivity contribution in [1.29, 1.82) is 0 Å². The van der Waals surface area contributed by atoms with E-state index < -0.39 is 5.82 Å². The van der Waals surface area contributed by atoms with E-state index in [-0.39, 0.29) is 17.9 Å². The molecular formula is C22H26FN3O2. The molecule has 0 aromatic heterocycles. The average molecular weight is 383 g/mol. The second kappa shape index (κ2) is 9.35. The molecule has 1 unspecified atom stereocenters. The highest BCUT2D eigenvalue weighted by Crippen LogP contribution is 2.18. The van der Waals surface area contributed by atoms with Gasteiger partial charge >= 0.3 is 6.03 Å². The van der Waals surface area contributed by atoms with Crippen LogP contribution >= 0.6 is 0 Å². The molecule has 3 amide bonds. The lowest BCUT2D eigenvalue weighted by Gasteiger charge is -2.33. The van der Waals surface area contributed by atoms with Gasteiger partial charge in [0.25, 0.3) is 0 Å². The van der Waals surface area contributed by atoms with Crippen LogP contribution in [0.3, 0.4) is 0 Å². The van der Waals surface area contributed by atoms with Crippen molar-refractivity contribution in [3.63, 3.8) is 0 Å². The summed E-state index contributed by atoms with van der Waals surface area (Å²) in [5, 5.41) is 5.45. The lowest BCUT2D eigenvalue weighted by Crippen LogP contribution is -2.44. The molecule has 0 bridgehead atoms. The molecule has 3 rings (SSSR count). The predicted octanol–water partition coefficient (Wildman–Crippen LogP) is 3.74. The number of rotatable bonds is 5. The summed E-state index contributed by atoms with van der Waals surface area (Å²) in [6.45, 7) is 3.90. The van der Waals surface area contributed by atoms with Crippen LogP contribution in [0.5, 0.6) is 0 Å². The highest BCUT2D eigenvalue weighted by molar-refractivity contribution is 5.89. The Bertz CT molecular complexity index is 840. The van der Waals surface area contributed by atoms with Gasteiger partial charge in [0.15, 0.2) is 0 Å². The van der Waals surface area contributed by atoms with Gasteiger partial charge in [-0.3, -0.25) is 4.79 Å². The van der Waals surface area contributed by atoms with Crippen LogP contribution in [0.2, 0.25) is 0 Å². The third kappa shape index (κ3) is 5.55. The van der Waals surface area contributed by atoms with Gasteiger partial charge in [-0.2, -0.15) is 0 Å². The Morgan fingerprint density at radius 3 is 2.79 bits per heavy atom. The van der Waals surface area contributed by atoms with Crippen molar-refractivity contribution in [1.82, 2.24) is 10.2 Å². The van der Waals surface area contributed by atoms with E-state index in [0.29, 0.717) is 25.2 Å². The van der Waals surface area contributed by atoms with Crippen molar-refractivity contribution in [2.24, 2.45) is 5.92 Å². The van der Waals surface area contributed by atoms with E-state index in [1.165, 1.54) is 12.1 Å². The number of anilines is 1. The Labute approximate surface area is 164 Å². The van der Waals surface area contributed by atoms with Crippen molar-refractivity contribution < 1.29 is 14.0 Å². The molecule has 6 heteroatoms. The number of hydrogen-bond donors (Lipinski definition) is 2. The summed E-state index contributed by atoms with van der Waals surface area (Å²) in [4.78, 5) is 26.6. The smallest absolute Gasteiger partial charge is 0.319 e. The maximum Gasteiger partial charge on any atom is 0.319 e. The number of hydrogen-bond acceptors (Lipinski definition) is 2. The zero-order valence-electron chi connectivity index (χ0n) is 16.1. The van der Waals surface area contributed by atoms with Crippen LogP contribution in [0, 0.1) is 18.7 Å². The molecule has 2 aromatic rings. The van der Waals surface area contributed by atoms with E-state index >= 15 is 0 Å². The number of likely N-dealkylation sites (tertiary alicyclic amines) is 1. The number of aryl methyl sites for hydroxylation is 1. The van der Waals surface area contributed by atoms with Crippen molar-refractivity contribution in [2.75, 3.05) is 25.0 Å². The van der Waals surface area contributed by atoms with Crippen molar-refractivity contribution in [3.05, 3.63) is 65.5 Å². The van der Waals surface area contributed by atoms with E-state index in [4.69, 9.17) is 0 Å². The summed E-state index contributed by atoms with van der Waals surface area (Å²) in [6.07, 6.45) is 2.30. The third-order valence-corrected chi connectivity index (χ3v) is 5.11. The fraction of sp³-hybridized carbons (Fsp3) is 0.364. The molecular weight excluding hydrogens is 357 g/mol. The number of carbonyl (C=O) groups excluding carboxylic acids is 2. The van der Waals surface area contributed by atoms with E-state index in [1.54, 1.807) is 12.1 Å². The molecule has 1 atom stereocenters. The third-order valence-electron chi connectivity index (χ3n) is 5.11. The quantitative estimate of drug-likeness (QED) is 0.826. The lowest BCUT2D eigenvalue weighted by molar-refractivity contribution is -0.132. The zero-order chi connectivity index (χ0) is 19.9. The van der Waals surface area contributed by atoms with Gasteiger partial charge < -0.3 is 15.5 Å². The fourth-order valence-electron chi connectivity index (χ4n) is 3.52. The Balaban J connectivity index is 1.47. The molecule has 1 aliphatic heterocycles. The van der Waals surface area contributed by atoms with Crippen LogP contribution in [0.15, 0.2) is 48.5 Å². The van der Waals surface area contributed by atoms with Gasteiger partial charge in [0.2, 0.25) is 5.91 Å². The van der Waals surface area contributed by atoms with Crippen molar-refractivity contribution in [2.45, 2.75) is 26.2 Å². The summed E-state index contributed by atoms with van der Waals surface area (Å²) in [5.41, 5.74) is 2.60. The van der Waals surface area contributed by atoms with Gasteiger partial charge in [-0.1, -0.05) is 30.3 Å². The highest BCUT2D eigenvalue weighted by atomic mass is 19.1. The van der Waals surface area contributed by atoms with Gasteiger partial charge in [-0.15, -0.1) is 0 Å². The van der Waals surface area contributed by atoms with E-state index in [9.17, 15) is 14.0 Å². The summed E-state index contributed by atoms with van der Waals surface area (Å²) >= 11 is 0. The zero-order valence-corrected chi connectivity index (χ0v) is 16.1. The minimum atomic E-state index is -0.395. The molecule has 2 aromatic carbocycles. The highest BCUT2D eigenvalue weighted by Gasteiger charge is 2.24. The Morgan fingerprint density at radius 1 is 1.18 bits per heavy atom. The summed E-state index contributed by atoms with van der Waals surface area (Å²) in [6, 6.07) is 13.3. The Kier molecular flexibility index (Phi) is 6.63. The van der Waals surface area contributed by atoms with E-state index in [2.05, 4.69) is 10.6 Å². The van der Waals surface area contributed by atoms with Crippen molar-refractivity contribution >= 4 is 17.6 Å². The number of urea groups is 1. The number of carbonyl (C=O) groups is 2. The largest absolute Gasteiger partial charge is 0.342 e. The SMILES string of the molecule is Cc1ccccc1CC(=O)N1CCCC(CNC(=O)Nc2cccc(F)c2)C1. The number of halogens is 1. The standard InChI is InChI=1S/C22H26FN3O2/c1-16-6-2-3-8-18(16)12-21(27)26-11-5-7-17(15-26)14-24-22(28)25-20-10-4-9-19(23)13-20/h2-4,6,8-10,13,17H,5,7,11-12,14-15H2,1H3,(H2,24,25,28). The van der Waals surface area contributed by atoms with Gasteiger partial charge in [0.05, 0.1) is 6.42 Å². The molecule has 1 fully saturated rings. The minimum absolute atomic E-state index is 0.128. The van der Waals surface area contributed by atoms with Crippen LogP contribution in [-0.4, -0.2) is 36.5 Å². The second-order valence-corrected chi connectivity index (χ2v) is 7.30. The average Bonchev–Trinajstić information content (AvgIpc) is 2.68. The molecule has 0 radical (unpaired) electrons. The normalized spacial score (nSPS) is 16.5. The molecule has 5 nitrogen and oxygen atoms in total. The van der Waals surface area contributed by atoms with E-state index in [0.717, 1.165) is 30.5 Å². The Morgan fingerprint density at radius 2 is 2.00 bits per heavy atom. The molecule has 1 aliphatic rings. The van der Waals surface area contributed by atoms with Crippen LogP contribution < -0.4 is 10.6 Å². The minimum Gasteiger partial charge on any atom is -0.342 e. The first-order valence-corrected chi connectivity index (χ1v) is 9.64. The summed E-state index contributed by atoms with van der Waals surface area (Å²) in [7, 11) is 0. The predicted molar refractivity (Wildman–Crippen MR) is 108 cm³/mol. The number of benzene rings is 2. The van der Waals surface area contributed by atoms with Gasteiger partial charge in [-0.25, -0.2) is 9.18 Å². The topological polar surface area (TPSA) is 61.4 Å². The van der Waals surface area contributed by atoms with Gasteiger partial charge in [0.1, 0.15) is 5.82 Å². The van der Waals surface area contributed by atoms with Crippen LogP contribution in [-0.2, 0) is 11.2 Å². The molecule has 0 aliphatic carbocycles. The molecule has 1 heterocycles. The van der Waals surface area contributed by atoms with E-state index in [1.807, 2.05) is 36.1 Å². The number of nitrogens with one attached hydrogen (secondary N) is 2. The number of amides is 3. The molecule has 148 valence electrons. The fourth-order valence-corrected chi connectivity index (χ4v) is 3.52. The first kappa shape index (κ1) is 19.9. The molecule has 1 saturated heterocycles. The molecule has 0 saturated carbocycles. The van der Waals surface area contributed by atoms with Gasteiger partial charge in [0, 0.05) is 25.3 Å². The summed E-state index contributed by atoms with van der Waals surface area (Å²) < 4.78 is 13.2. The van der Waals surface area contributed by atoms with Crippen LogP contribution in [0.4, 0.5) is 14.9 Å². The maximum absolute atomic E-state index is 13.2. The molecule has 2 N–H and O–H groups in total. The first-order valence-electron chi connectivity index (χ1n) is 9.64. The van der Waals surface area contributed by atoms with Crippen LogP contribution in [0.25, 0.3) is 0 Å². The molecule has 28 heavy (non-hydrogen) atoms. The second-order valence-electron chi connectivity index (χ2n) is 7.30. The summed E-state index contributed by atoms with van der Waals surface area (Å²) in [5.74, 6) is -0.0519. The monoisotopic (exact) mass is 383 g/mol. The van der Waals surface area contributed by atoms with Crippen molar-refractivity contribution in [3.8, 4) is 0 Å². The molecule has 0 spiro atoms. The number of nitrogens with zero attached hydrogens (tertiary/aromatic N) is 1. The van der Waals surface area contributed by atoms with Crippen LogP contribution in [0.1, 0.15) is 24.0 Å². The van der Waals surface area contributed by atoms with Gasteiger partial charge in [-0.05, 0) is 55.0 Å². The maximum atomic E-state index is 13.2. The number of piperidine rings is 1.